The second-order valence-corrected chi connectivity index (χ2v) is 30.6. The van der Waals surface area contributed by atoms with E-state index in [4.69, 9.17) is 56.8 Å². The van der Waals surface area contributed by atoms with E-state index in [1.165, 1.54) is 24.3 Å². The van der Waals surface area contributed by atoms with Gasteiger partial charge in [0.25, 0.3) is 23.6 Å². The Balaban J connectivity index is 1.09. The summed E-state index contributed by atoms with van der Waals surface area (Å²) in [5, 5.41) is 7.34. The third kappa shape index (κ3) is 21.7. The Morgan fingerprint density at radius 3 is 0.781 bits per heavy atom. The molecule has 2 N–H and O–H groups in total. The molecule has 0 saturated carbocycles. The van der Waals surface area contributed by atoms with Gasteiger partial charge < -0.3 is 67.5 Å². The summed E-state index contributed by atoms with van der Waals surface area (Å²) < 4.78 is 73.4. The minimum Gasteiger partial charge on any atom is -0.460 e. The lowest BCUT2D eigenvalue weighted by atomic mass is 9.80. The molecular formula is C102H100N4O22. The van der Waals surface area contributed by atoms with Gasteiger partial charge in [0.15, 0.2) is 0 Å². The van der Waals surface area contributed by atoms with E-state index in [0.717, 1.165) is 67.5 Å². The highest BCUT2D eigenvalue weighted by molar-refractivity contribution is 6.45. The van der Waals surface area contributed by atoms with Crippen LogP contribution >= 0.6 is 0 Å². The van der Waals surface area contributed by atoms with Crippen LogP contribution in [0.3, 0.4) is 0 Å². The Morgan fingerprint density at radius 2 is 0.555 bits per heavy atom. The van der Waals surface area contributed by atoms with E-state index in [0.29, 0.717) is 38.5 Å². The maximum absolute atomic E-state index is 16.7. The number of rotatable bonds is 48. The molecule has 6 amide bonds. The smallest absolute Gasteiger partial charge is 0.330 e. The molecule has 128 heavy (non-hydrogen) atoms. The van der Waals surface area contributed by atoms with Crippen molar-refractivity contribution in [1.29, 1.82) is 0 Å². The van der Waals surface area contributed by atoms with Crippen molar-refractivity contribution in [3.63, 3.8) is 0 Å². The fourth-order valence-corrected chi connectivity index (χ4v) is 15.5. The summed E-state index contributed by atoms with van der Waals surface area (Å²) in [5.74, 6) is -7.32. The van der Waals surface area contributed by atoms with Crippen LogP contribution in [0.2, 0.25) is 0 Å². The minimum absolute atomic E-state index is 0.0120. The molecular weight excluding hydrogens is 1630 g/mol. The maximum Gasteiger partial charge on any atom is 0.330 e. The molecule has 2 aliphatic rings. The van der Waals surface area contributed by atoms with Crippen molar-refractivity contribution in [1.82, 2.24) is 20.4 Å². The van der Waals surface area contributed by atoms with Crippen LogP contribution in [-0.2, 0) is 105 Å². The largest absolute Gasteiger partial charge is 0.460 e. The van der Waals surface area contributed by atoms with E-state index in [2.05, 4.69) is 36.9 Å². The number of nitrogens with one attached hydrogen (secondary N) is 2. The highest BCUT2D eigenvalue weighted by Gasteiger charge is 2.48. The number of benzene rings is 11. The standard InChI is InChI=1S/C102H100N4O22/c1-9-63(7)95(97(111)103-61-69-21-17-15-18-22-69)105-99(113)75-57-79(125-71-33-25-65(26-34-71)41-45-117-49-53-121-83(107)11-3)89-91-81(127-73-37-29-67(30-38-73)43-47-119-51-55-123-85(109)13-5)59-77-88-78(102(116)106(101(77)115)96(64(8)10-2)98(112)104-62-70-23-19-16-20-24-70)60-82(128-74-39-31-68(32-40-74)44-48-120-52-56-124-86(110)14-6)92(94(88)91)90-80(58-76(100(105)114)87(75)93(89)90)126-72-35-27-66(28-36-72)42-46-118-50-54-122-84(108)12-4/h11-40,57-60,63-64,95-96H,3-6,9-10,41-56,61-62H2,1-2,7-8H3,(H,103,111)(H,104,112). The molecule has 13 rings (SSSR count). The average molecular weight is 1730 g/mol. The molecule has 0 bridgehead atoms. The molecule has 0 fully saturated rings. The Hall–Kier alpha value is -14.2. The van der Waals surface area contributed by atoms with Gasteiger partial charge in [0.2, 0.25) is 11.8 Å². The zero-order valence-electron chi connectivity index (χ0n) is 71.8. The number of nitrogens with zero attached hydrogens (tertiary/aromatic N) is 2. The van der Waals surface area contributed by atoms with Crippen LogP contribution in [0.4, 0.5) is 0 Å². The van der Waals surface area contributed by atoms with Gasteiger partial charge in [0.1, 0.15) is 84.5 Å². The summed E-state index contributed by atoms with van der Waals surface area (Å²) >= 11 is 0. The Bertz CT molecular complexity index is 5290. The average Bonchev–Trinajstić information content (AvgIpc) is 0.668. The number of fused-ring (bicyclic) bond motifs is 2. The van der Waals surface area contributed by atoms with Gasteiger partial charge in [-0.05, 0) is 144 Å². The first-order chi connectivity index (χ1) is 62.2. The zero-order valence-corrected chi connectivity index (χ0v) is 71.8. The third-order valence-electron chi connectivity index (χ3n) is 22.3. The number of imide groups is 2. The number of carbonyl (C=O) groups excluding carboxylic acids is 10. The summed E-state index contributed by atoms with van der Waals surface area (Å²) in [4.78, 5) is 147. The molecule has 4 atom stereocenters. The van der Waals surface area contributed by atoms with Gasteiger partial charge in [-0.3, -0.25) is 38.6 Å². The lowest BCUT2D eigenvalue weighted by Gasteiger charge is -2.37. The van der Waals surface area contributed by atoms with Crippen molar-refractivity contribution in [2.45, 2.75) is 91.4 Å². The number of amides is 6. The summed E-state index contributed by atoms with van der Waals surface area (Å²) in [7, 11) is 0. The highest BCUT2D eigenvalue weighted by Crippen LogP contribution is 2.58. The van der Waals surface area contributed by atoms with E-state index in [-0.39, 0.29) is 204 Å². The van der Waals surface area contributed by atoms with Crippen LogP contribution in [-0.4, -0.2) is 160 Å². The molecule has 2 aliphatic heterocycles. The lowest BCUT2D eigenvalue weighted by Crippen LogP contribution is -2.56. The molecule has 26 heteroatoms. The fraction of sp³-hybridized carbons (Fsp3) is 0.275. The van der Waals surface area contributed by atoms with Crippen LogP contribution in [0, 0.1) is 11.8 Å². The van der Waals surface area contributed by atoms with Crippen LogP contribution in [0.1, 0.15) is 115 Å². The fourth-order valence-electron chi connectivity index (χ4n) is 15.5. The van der Waals surface area contributed by atoms with Gasteiger partial charge in [-0.15, -0.1) is 0 Å². The van der Waals surface area contributed by atoms with Gasteiger partial charge >= 0.3 is 23.9 Å². The van der Waals surface area contributed by atoms with E-state index < -0.39 is 83.2 Å². The van der Waals surface area contributed by atoms with Gasteiger partial charge in [-0.25, -0.2) is 19.2 Å². The summed E-state index contributed by atoms with van der Waals surface area (Å²) in [6.07, 6.45) is 6.62. The maximum atomic E-state index is 16.7. The SMILES string of the molecule is C=CC(=O)OCCOCCc1ccc(Oc2cc3c4c(cc(Oc5ccc(CCOCCOC(=O)C=C)cc5)c5c6c(Oc7ccc(CCOCCOC(=O)C=C)cc7)cc7c8c(cc(Oc9ccc(CCOCCOC(=O)C=C)cc9)c(c2c45)c86)C(=O)N(C(C(=O)NCc2ccccc2)C(C)CC)C7=O)C(=O)N(C(C(=O)NCc2ccccc2)C(C)CC)C3=O)cc1. The molecule has 11 aromatic rings. The lowest BCUT2D eigenvalue weighted by molar-refractivity contribution is -0.140. The van der Waals surface area contributed by atoms with Crippen molar-refractivity contribution in [3.8, 4) is 46.0 Å². The molecule has 11 aromatic carbocycles. The Kier molecular flexibility index (Phi) is 31.2. The Labute approximate surface area is 740 Å². The molecule has 0 aliphatic carbocycles. The first-order valence-corrected chi connectivity index (χ1v) is 42.5. The number of ether oxygens (including phenoxy) is 12. The van der Waals surface area contributed by atoms with Crippen LogP contribution < -0.4 is 29.6 Å². The third-order valence-corrected chi connectivity index (χ3v) is 22.3. The molecule has 0 spiro atoms. The van der Waals surface area contributed by atoms with Crippen LogP contribution in [0.25, 0.3) is 43.1 Å². The van der Waals surface area contributed by atoms with E-state index >= 15 is 28.8 Å². The first-order valence-electron chi connectivity index (χ1n) is 42.5. The monoisotopic (exact) mass is 1730 g/mol. The molecule has 660 valence electrons. The second-order valence-electron chi connectivity index (χ2n) is 30.6. The summed E-state index contributed by atoms with van der Waals surface area (Å²) in [5.41, 5.74) is 4.52. The van der Waals surface area contributed by atoms with E-state index in [9.17, 15) is 19.2 Å². The zero-order chi connectivity index (χ0) is 90.3. The summed E-state index contributed by atoms with van der Waals surface area (Å²) in [6.45, 7) is 22.8. The van der Waals surface area contributed by atoms with Crippen molar-refractivity contribution >= 4 is 102 Å². The predicted octanol–water partition coefficient (Wildman–Crippen LogP) is 16.7. The molecule has 26 nitrogen and oxygen atoms in total. The number of esters is 4. The van der Waals surface area contributed by atoms with Crippen molar-refractivity contribution in [2.24, 2.45) is 11.8 Å². The molecule has 2 heterocycles. The van der Waals surface area contributed by atoms with Gasteiger partial charge in [-0.1, -0.05) is 176 Å². The normalized spacial score (nSPS) is 13.2. The van der Waals surface area contributed by atoms with Gasteiger partial charge in [-0.2, -0.15) is 0 Å². The highest BCUT2D eigenvalue weighted by atomic mass is 16.6. The van der Waals surface area contributed by atoms with Crippen molar-refractivity contribution in [3.05, 3.63) is 288 Å². The quantitative estimate of drug-likeness (QED) is 0.00680. The Morgan fingerprint density at radius 1 is 0.312 bits per heavy atom. The summed E-state index contributed by atoms with van der Waals surface area (Å²) in [6, 6.07) is 50.3. The van der Waals surface area contributed by atoms with E-state index in [1.54, 1.807) is 62.4 Å². The molecule has 4 unspecified atom stereocenters. The van der Waals surface area contributed by atoms with Crippen LogP contribution in [0.15, 0.2) is 233 Å². The minimum atomic E-state index is -1.41. The van der Waals surface area contributed by atoms with Crippen LogP contribution in [0.5, 0.6) is 46.0 Å². The first kappa shape index (κ1) is 91.5. The molecule has 0 saturated heterocycles. The topological polar surface area (TPSA) is 312 Å². The van der Waals surface area contributed by atoms with Gasteiger partial charge in [0, 0.05) is 80.5 Å². The van der Waals surface area contributed by atoms with Crippen molar-refractivity contribution in [2.75, 3.05) is 79.3 Å². The predicted molar refractivity (Wildman–Crippen MR) is 480 cm³/mol. The molecule has 0 radical (unpaired) electrons. The number of hydrogen-bond donors (Lipinski definition) is 2. The second kappa shape index (κ2) is 43.6. The number of hydrogen-bond acceptors (Lipinski definition) is 22. The van der Waals surface area contributed by atoms with Gasteiger partial charge in [0.05, 0.1) is 75.1 Å². The van der Waals surface area contributed by atoms with E-state index in [1.807, 2.05) is 123 Å². The molecule has 0 aromatic heterocycles. The number of carbonyl (C=O) groups is 10. The van der Waals surface area contributed by atoms with Crippen molar-refractivity contribution < 1.29 is 105 Å².